The fourth-order valence-corrected chi connectivity index (χ4v) is 1.50. The molecule has 0 fully saturated rings. The lowest BCUT2D eigenvalue weighted by atomic mass is 9.90. The summed E-state index contributed by atoms with van der Waals surface area (Å²) in [6, 6.07) is 0. The van der Waals surface area contributed by atoms with Crippen LogP contribution in [0.5, 0.6) is 0 Å². The van der Waals surface area contributed by atoms with Gasteiger partial charge in [0.1, 0.15) is 6.10 Å². The van der Waals surface area contributed by atoms with Gasteiger partial charge < -0.3 is 9.84 Å². The largest absolute Gasteiger partial charge is 0.506 e. The molecule has 1 N–H and O–H groups in total. The fraction of sp³-hybridized carbons (Fsp3) is 0.667. The number of hydrogen-bond donors (Lipinski definition) is 1. The molecule has 0 spiro atoms. The molecule has 68 valence electrons. The van der Waals surface area contributed by atoms with E-state index >= 15 is 0 Å². The van der Waals surface area contributed by atoms with E-state index in [4.69, 9.17) is 5.11 Å². The van der Waals surface area contributed by atoms with Gasteiger partial charge in [-0.3, -0.25) is 0 Å². The van der Waals surface area contributed by atoms with E-state index in [1.165, 1.54) is 0 Å². The van der Waals surface area contributed by atoms with Crippen LogP contribution in [0.2, 0.25) is 0 Å². The topological polar surface area (TPSA) is 46.5 Å². The van der Waals surface area contributed by atoms with Gasteiger partial charge >= 0.3 is 6.16 Å². The quantitative estimate of drug-likeness (QED) is 0.511. The van der Waals surface area contributed by atoms with Crippen molar-refractivity contribution in [2.24, 2.45) is 5.92 Å². The van der Waals surface area contributed by atoms with Crippen molar-refractivity contribution in [1.82, 2.24) is 0 Å². The van der Waals surface area contributed by atoms with Crippen molar-refractivity contribution in [2.45, 2.75) is 32.3 Å². The molecule has 0 heterocycles. The van der Waals surface area contributed by atoms with Crippen molar-refractivity contribution in [3.63, 3.8) is 0 Å². The van der Waals surface area contributed by atoms with Crippen LogP contribution in [0.3, 0.4) is 0 Å². The zero-order valence-corrected chi connectivity index (χ0v) is 7.19. The third kappa shape index (κ3) is 2.57. The molecular formula is C9H14O3. The smallest absolute Gasteiger partial charge is 0.450 e. The first-order valence-electron chi connectivity index (χ1n) is 4.24. The van der Waals surface area contributed by atoms with Gasteiger partial charge in [-0.05, 0) is 32.1 Å². The first-order chi connectivity index (χ1) is 5.70. The van der Waals surface area contributed by atoms with Crippen LogP contribution in [0, 0.1) is 5.92 Å². The monoisotopic (exact) mass is 170 g/mol. The second-order valence-electron chi connectivity index (χ2n) is 3.13. The van der Waals surface area contributed by atoms with Crippen molar-refractivity contribution in [3.05, 3.63) is 12.2 Å². The Bertz CT molecular complexity index is 186. The highest BCUT2D eigenvalue weighted by atomic mass is 16.7. The number of carbonyl (C=O) groups is 1. The molecule has 0 saturated heterocycles. The molecule has 0 aliphatic heterocycles. The third-order valence-electron chi connectivity index (χ3n) is 2.26. The molecule has 3 heteroatoms. The molecule has 0 aromatic rings. The Kier molecular flexibility index (Phi) is 3.14. The zero-order chi connectivity index (χ0) is 8.97. The summed E-state index contributed by atoms with van der Waals surface area (Å²) in [5, 5.41) is 8.37. The summed E-state index contributed by atoms with van der Waals surface area (Å²) in [6.07, 6.45) is 5.89. The van der Waals surface area contributed by atoms with Gasteiger partial charge in [-0.15, -0.1) is 0 Å². The number of rotatable bonds is 2. The van der Waals surface area contributed by atoms with E-state index in [-0.39, 0.29) is 6.10 Å². The Labute approximate surface area is 72.0 Å². The van der Waals surface area contributed by atoms with E-state index in [0.29, 0.717) is 5.92 Å². The van der Waals surface area contributed by atoms with Gasteiger partial charge in [-0.25, -0.2) is 4.79 Å². The molecule has 12 heavy (non-hydrogen) atoms. The first-order valence-corrected chi connectivity index (χ1v) is 4.24. The van der Waals surface area contributed by atoms with E-state index in [0.717, 1.165) is 19.3 Å². The molecule has 0 bridgehead atoms. The van der Waals surface area contributed by atoms with E-state index < -0.39 is 6.16 Å². The summed E-state index contributed by atoms with van der Waals surface area (Å²) in [7, 11) is 0. The van der Waals surface area contributed by atoms with Crippen LogP contribution in [0.25, 0.3) is 0 Å². The minimum Gasteiger partial charge on any atom is -0.450 e. The predicted molar refractivity (Wildman–Crippen MR) is 45.1 cm³/mol. The Hall–Kier alpha value is -0.990. The van der Waals surface area contributed by atoms with Gasteiger partial charge in [0.25, 0.3) is 0 Å². The predicted octanol–water partition coefficient (Wildman–Crippen LogP) is 2.43. The average molecular weight is 170 g/mol. The molecule has 0 saturated carbocycles. The van der Waals surface area contributed by atoms with Crippen molar-refractivity contribution < 1.29 is 14.6 Å². The molecule has 0 radical (unpaired) electrons. The summed E-state index contributed by atoms with van der Waals surface area (Å²) < 4.78 is 4.67. The SMILES string of the molecule is CC(OC(=O)O)C1CC=CCC1. The lowest BCUT2D eigenvalue weighted by Crippen LogP contribution is -2.23. The highest BCUT2D eigenvalue weighted by Gasteiger charge is 2.20. The lowest BCUT2D eigenvalue weighted by Gasteiger charge is -2.23. The van der Waals surface area contributed by atoms with Crippen LogP contribution >= 0.6 is 0 Å². The Morgan fingerprint density at radius 1 is 1.67 bits per heavy atom. The minimum absolute atomic E-state index is 0.174. The van der Waals surface area contributed by atoms with E-state index in [1.807, 2.05) is 6.92 Å². The van der Waals surface area contributed by atoms with E-state index in [2.05, 4.69) is 16.9 Å². The van der Waals surface area contributed by atoms with Gasteiger partial charge in [0.05, 0.1) is 0 Å². The Morgan fingerprint density at radius 3 is 2.92 bits per heavy atom. The van der Waals surface area contributed by atoms with Crippen LogP contribution in [-0.4, -0.2) is 17.4 Å². The van der Waals surface area contributed by atoms with Gasteiger partial charge in [0.15, 0.2) is 0 Å². The number of allylic oxidation sites excluding steroid dienone is 2. The number of ether oxygens (including phenoxy) is 1. The molecule has 0 aromatic carbocycles. The fourth-order valence-electron chi connectivity index (χ4n) is 1.50. The Balaban J connectivity index is 2.35. The summed E-state index contributed by atoms with van der Waals surface area (Å²) >= 11 is 0. The van der Waals surface area contributed by atoms with E-state index in [9.17, 15) is 4.79 Å². The molecule has 2 atom stereocenters. The van der Waals surface area contributed by atoms with Crippen LogP contribution in [0.15, 0.2) is 12.2 Å². The second-order valence-corrected chi connectivity index (χ2v) is 3.13. The summed E-state index contributed by atoms with van der Waals surface area (Å²) in [5.74, 6) is 0.367. The maximum absolute atomic E-state index is 10.2. The van der Waals surface area contributed by atoms with Crippen molar-refractivity contribution in [1.29, 1.82) is 0 Å². The van der Waals surface area contributed by atoms with Gasteiger partial charge in [-0.1, -0.05) is 12.2 Å². The lowest BCUT2D eigenvalue weighted by molar-refractivity contribution is 0.0313. The second kappa shape index (κ2) is 4.14. The molecule has 1 aliphatic rings. The molecule has 1 rings (SSSR count). The first kappa shape index (κ1) is 9.10. The maximum Gasteiger partial charge on any atom is 0.506 e. The standard InChI is InChI=1S/C9H14O3/c1-7(12-9(10)11)8-5-3-2-4-6-8/h2-3,7-8H,4-6H2,1H3,(H,10,11). The summed E-state index contributed by atoms with van der Waals surface area (Å²) in [6.45, 7) is 1.82. The molecular weight excluding hydrogens is 156 g/mol. The zero-order valence-electron chi connectivity index (χ0n) is 7.19. The van der Waals surface area contributed by atoms with Gasteiger partial charge in [-0.2, -0.15) is 0 Å². The van der Waals surface area contributed by atoms with E-state index in [1.54, 1.807) is 0 Å². The van der Waals surface area contributed by atoms with Crippen molar-refractivity contribution in [3.8, 4) is 0 Å². The molecule has 2 unspecified atom stereocenters. The molecule has 3 nitrogen and oxygen atoms in total. The summed E-state index contributed by atoms with van der Waals surface area (Å²) in [5.41, 5.74) is 0. The van der Waals surface area contributed by atoms with Crippen LogP contribution in [-0.2, 0) is 4.74 Å². The molecule has 0 aromatic heterocycles. The Morgan fingerprint density at radius 2 is 2.42 bits per heavy atom. The molecule has 1 aliphatic carbocycles. The average Bonchev–Trinajstić information content (AvgIpc) is 2.05. The highest BCUT2D eigenvalue weighted by Crippen LogP contribution is 2.23. The van der Waals surface area contributed by atoms with Crippen LogP contribution in [0.4, 0.5) is 4.79 Å². The summed E-state index contributed by atoms with van der Waals surface area (Å²) in [4.78, 5) is 10.2. The highest BCUT2D eigenvalue weighted by molar-refractivity contribution is 5.57. The number of carboxylic acid groups (broad SMARTS) is 1. The van der Waals surface area contributed by atoms with Crippen LogP contribution in [0.1, 0.15) is 26.2 Å². The van der Waals surface area contributed by atoms with Crippen molar-refractivity contribution >= 4 is 6.16 Å². The van der Waals surface area contributed by atoms with Gasteiger partial charge in [0, 0.05) is 0 Å². The molecule has 0 amide bonds. The number of hydrogen-bond acceptors (Lipinski definition) is 2. The maximum atomic E-state index is 10.2. The van der Waals surface area contributed by atoms with Gasteiger partial charge in [0.2, 0.25) is 0 Å². The van der Waals surface area contributed by atoms with Crippen LogP contribution < -0.4 is 0 Å². The normalized spacial score (nSPS) is 24.9. The van der Waals surface area contributed by atoms with Crippen molar-refractivity contribution in [2.75, 3.05) is 0 Å². The third-order valence-corrected chi connectivity index (χ3v) is 2.26. The minimum atomic E-state index is -1.17.